The Bertz CT molecular complexity index is 517. The van der Waals surface area contributed by atoms with E-state index in [0.717, 1.165) is 6.42 Å². The molecule has 7 heteroatoms. The number of nitro benzene ring substituents is 1. The highest BCUT2D eigenvalue weighted by Crippen LogP contribution is 2.28. The summed E-state index contributed by atoms with van der Waals surface area (Å²) < 4.78 is 0. The quantitative estimate of drug-likeness (QED) is 0.625. The van der Waals surface area contributed by atoms with E-state index < -0.39 is 16.6 Å². The summed E-state index contributed by atoms with van der Waals surface area (Å²) in [6.07, 6.45) is 0.829. The Kier molecular flexibility index (Phi) is 3.66. The van der Waals surface area contributed by atoms with Gasteiger partial charge in [-0.05, 0) is 18.6 Å². The molecule has 19 heavy (non-hydrogen) atoms. The minimum absolute atomic E-state index is 0.0925. The summed E-state index contributed by atoms with van der Waals surface area (Å²) in [7, 11) is 0. The van der Waals surface area contributed by atoms with Crippen molar-refractivity contribution >= 4 is 17.3 Å². The third kappa shape index (κ3) is 2.65. The molecule has 2 N–H and O–H groups in total. The van der Waals surface area contributed by atoms with Crippen LogP contribution in [0.5, 0.6) is 0 Å². The molecule has 0 saturated carbocycles. The van der Waals surface area contributed by atoms with Crippen LogP contribution in [0, 0.1) is 16.0 Å². The molecule has 1 saturated heterocycles. The Balaban J connectivity index is 2.31. The minimum Gasteiger partial charge on any atom is -0.477 e. The molecule has 0 bridgehead atoms. The van der Waals surface area contributed by atoms with Crippen molar-refractivity contribution in [1.82, 2.24) is 0 Å². The number of nitro groups is 1. The number of aromatic carboxylic acids is 1. The van der Waals surface area contributed by atoms with Gasteiger partial charge in [0.15, 0.2) is 0 Å². The molecular formula is C12H14N2O5. The van der Waals surface area contributed by atoms with Gasteiger partial charge >= 0.3 is 5.97 Å². The molecule has 7 nitrogen and oxygen atoms in total. The van der Waals surface area contributed by atoms with Gasteiger partial charge in [0, 0.05) is 37.4 Å². The zero-order valence-electron chi connectivity index (χ0n) is 10.2. The SMILES string of the molecule is O=C(O)c1cc(N2CCC(CO)C2)ccc1[N+](=O)[O-]. The summed E-state index contributed by atoms with van der Waals surface area (Å²) in [6, 6.07) is 4.08. The van der Waals surface area contributed by atoms with E-state index in [1.54, 1.807) is 6.07 Å². The summed E-state index contributed by atoms with van der Waals surface area (Å²) in [6.45, 7) is 1.44. The number of hydrogen-bond acceptors (Lipinski definition) is 5. The molecule has 1 aromatic rings. The molecule has 1 aliphatic heterocycles. The molecule has 1 heterocycles. The largest absolute Gasteiger partial charge is 0.477 e. The highest BCUT2D eigenvalue weighted by atomic mass is 16.6. The average molecular weight is 266 g/mol. The van der Waals surface area contributed by atoms with E-state index in [-0.39, 0.29) is 18.1 Å². The van der Waals surface area contributed by atoms with Crippen molar-refractivity contribution < 1.29 is 19.9 Å². The van der Waals surface area contributed by atoms with Gasteiger partial charge in [-0.2, -0.15) is 0 Å². The minimum atomic E-state index is -1.31. The first kappa shape index (κ1) is 13.3. The number of rotatable bonds is 4. The molecule has 1 fully saturated rings. The lowest BCUT2D eigenvalue weighted by Gasteiger charge is -2.18. The second kappa shape index (κ2) is 5.23. The predicted molar refractivity (Wildman–Crippen MR) is 67.5 cm³/mol. The van der Waals surface area contributed by atoms with Gasteiger partial charge in [-0.15, -0.1) is 0 Å². The Morgan fingerprint density at radius 3 is 2.79 bits per heavy atom. The second-order valence-electron chi connectivity index (χ2n) is 4.55. The Morgan fingerprint density at radius 2 is 2.26 bits per heavy atom. The number of benzene rings is 1. The number of hydrogen-bond donors (Lipinski definition) is 2. The van der Waals surface area contributed by atoms with E-state index in [2.05, 4.69) is 0 Å². The van der Waals surface area contributed by atoms with Crippen molar-refractivity contribution in [2.45, 2.75) is 6.42 Å². The van der Waals surface area contributed by atoms with Crippen LogP contribution in [-0.2, 0) is 0 Å². The number of aliphatic hydroxyl groups is 1. The van der Waals surface area contributed by atoms with Crippen molar-refractivity contribution in [2.24, 2.45) is 5.92 Å². The van der Waals surface area contributed by atoms with Crippen LogP contribution in [0.15, 0.2) is 18.2 Å². The third-order valence-corrected chi connectivity index (χ3v) is 3.32. The lowest BCUT2D eigenvalue weighted by atomic mass is 10.1. The van der Waals surface area contributed by atoms with Gasteiger partial charge in [-0.1, -0.05) is 0 Å². The molecule has 1 atom stereocenters. The van der Waals surface area contributed by atoms with Gasteiger partial charge in [0.2, 0.25) is 0 Å². The summed E-state index contributed by atoms with van der Waals surface area (Å²) in [4.78, 5) is 23.0. The van der Waals surface area contributed by atoms with E-state index in [1.165, 1.54) is 12.1 Å². The fraction of sp³-hybridized carbons (Fsp3) is 0.417. The van der Waals surface area contributed by atoms with Crippen LogP contribution in [0.25, 0.3) is 0 Å². The Hall–Kier alpha value is -2.15. The number of carboxylic acids is 1. The molecule has 0 aromatic heterocycles. The van der Waals surface area contributed by atoms with Gasteiger partial charge in [0.25, 0.3) is 5.69 Å². The van der Waals surface area contributed by atoms with E-state index in [1.807, 2.05) is 4.90 Å². The van der Waals surface area contributed by atoms with Crippen LogP contribution in [0.4, 0.5) is 11.4 Å². The maximum Gasteiger partial charge on any atom is 0.342 e. The normalized spacial score (nSPS) is 18.6. The fourth-order valence-corrected chi connectivity index (χ4v) is 2.27. The number of carbonyl (C=O) groups is 1. The number of nitrogens with zero attached hydrogens (tertiary/aromatic N) is 2. The van der Waals surface area contributed by atoms with Gasteiger partial charge in [-0.3, -0.25) is 10.1 Å². The summed E-state index contributed by atoms with van der Waals surface area (Å²) in [5.74, 6) is -1.14. The molecule has 102 valence electrons. The maximum atomic E-state index is 11.1. The molecule has 0 amide bonds. The Labute approximate surface area is 109 Å². The first-order chi connectivity index (χ1) is 9.02. The van der Waals surface area contributed by atoms with Crippen LogP contribution in [0.1, 0.15) is 16.8 Å². The van der Waals surface area contributed by atoms with E-state index in [9.17, 15) is 14.9 Å². The van der Waals surface area contributed by atoms with Crippen LogP contribution in [0.2, 0.25) is 0 Å². The standard InChI is InChI=1S/C12H14N2O5/c15-7-8-3-4-13(6-8)9-1-2-11(14(18)19)10(5-9)12(16)17/h1-2,5,8,15H,3-4,6-7H2,(H,16,17). The fourth-order valence-electron chi connectivity index (χ4n) is 2.27. The van der Waals surface area contributed by atoms with Crippen molar-refractivity contribution in [2.75, 3.05) is 24.6 Å². The maximum absolute atomic E-state index is 11.1. The molecule has 0 spiro atoms. The monoisotopic (exact) mass is 266 g/mol. The predicted octanol–water partition coefficient (Wildman–Crippen LogP) is 1.11. The van der Waals surface area contributed by atoms with Crippen molar-refractivity contribution in [3.8, 4) is 0 Å². The van der Waals surface area contributed by atoms with Gasteiger partial charge in [0.05, 0.1) is 4.92 Å². The molecular weight excluding hydrogens is 252 g/mol. The lowest BCUT2D eigenvalue weighted by molar-refractivity contribution is -0.385. The summed E-state index contributed by atoms with van der Waals surface area (Å²) in [5, 5.41) is 28.9. The van der Waals surface area contributed by atoms with E-state index in [4.69, 9.17) is 10.2 Å². The highest BCUT2D eigenvalue weighted by molar-refractivity contribution is 5.93. The zero-order valence-corrected chi connectivity index (χ0v) is 10.2. The van der Waals surface area contributed by atoms with Crippen LogP contribution in [0.3, 0.4) is 0 Å². The zero-order chi connectivity index (χ0) is 14.0. The van der Waals surface area contributed by atoms with Gasteiger partial charge in [0.1, 0.15) is 5.56 Å². The highest BCUT2D eigenvalue weighted by Gasteiger charge is 2.25. The molecule has 1 aliphatic rings. The van der Waals surface area contributed by atoms with Crippen LogP contribution in [-0.4, -0.2) is 40.8 Å². The summed E-state index contributed by atoms with van der Waals surface area (Å²) in [5.41, 5.74) is -0.0805. The average Bonchev–Trinajstić information content (AvgIpc) is 2.86. The van der Waals surface area contributed by atoms with E-state index >= 15 is 0 Å². The van der Waals surface area contributed by atoms with E-state index in [0.29, 0.717) is 18.8 Å². The van der Waals surface area contributed by atoms with Gasteiger partial charge in [-0.25, -0.2) is 4.79 Å². The van der Waals surface area contributed by atoms with Crippen molar-refractivity contribution in [1.29, 1.82) is 0 Å². The molecule has 0 aliphatic carbocycles. The smallest absolute Gasteiger partial charge is 0.342 e. The first-order valence-electron chi connectivity index (χ1n) is 5.90. The topological polar surface area (TPSA) is 104 Å². The summed E-state index contributed by atoms with van der Waals surface area (Å²) >= 11 is 0. The Morgan fingerprint density at radius 1 is 1.53 bits per heavy atom. The molecule has 1 aromatic carbocycles. The number of aliphatic hydroxyl groups excluding tert-OH is 1. The molecule has 2 rings (SSSR count). The van der Waals surface area contributed by atoms with Gasteiger partial charge < -0.3 is 15.1 Å². The molecule has 0 radical (unpaired) electrons. The van der Waals surface area contributed by atoms with Crippen molar-refractivity contribution in [3.05, 3.63) is 33.9 Å². The first-order valence-corrected chi connectivity index (χ1v) is 5.90. The third-order valence-electron chi connectivity index (χ3n) is 3.32. The number of carboxylic acid groups (broad SMARTS) is 1. The lowest BCUT2D eigenvalue weighted by Crippen LogP contribution is -2.21. The van der Waals surface area contributed by atoms with Crippen molar-refractivity contribution in [3.63, 3.8) is 0 Å². The van der Waals surface area contributed by atoms with Crippen LogP contribution >= 0.6 is 0 Å². The molecule has 1 unspecified atom stereocenters. The second-order valence-corrected chi connectivity index (χ2v) is 4.55. The number of anilines is 1. The van der Waals surface area contributed by atoms with Crippen LogP contribution < -0.4 is 4.90 Å².